The lowest BCUT2D eigenvalue weighted by atomic mass is 10.6. The van der Waals surface area contributed by atoms with Crippen molar-refractivity contribution in [1.29, 1.82) is 0 Å². The predicted octanol–water partition coefficient (Wildman–Crippen LogP) is -0.445. The topological polar surface area (TPSA) is 164 Å². The highest BCUT2D eigenvalue weighted by Gasteiger charge is 2.04. The molecule has 0 aromatic carbocycles. The molecule has 1 heterocycles. The van der Waals surface area contributed by atoms with Gasteiger partial charge in [-0.3, -0.25) is 0 Å². The maximum absolute atomic E-state index is 8.33. The molecule has 10 nitrogen and oxygen atoms in total. The van der Waals surface area contributed by atoms with Crippen LogP contribution in [0.1, 0.15) is 0 Å². The van der Waals surface area contributed by atoms with Crippen LogP contribution in [0.3, 0.4) is 0 Å². The maximum Gasteiger partial charge on any atom is 0.227 e. The van der Waals surface area contributed by atoms with Gasteiger partial charge in [0.05, 0.1) is 0 Å². The number of hydrogen-bond acceptors (Lipinski definition) is 8. The van der Waals surface area contributed by atoms with Crippen LogP contribution < -0.4 is 22.1 Å². The Kier molecular flexibility index (Phi) is 5.44. The molecular weight excluding hydrogens is 224 g/mol. The number of hydrogen-bond donors (Lipinski definition) is 4. The van der Waals surface area contributed by atoms with E-state index in [1.54, 1.807) is 0 Å². The van der Waals surface area contributed by atoms with E-state index < -0.39 is 0 Å². The minimum atomic E-state index is -0.0125. The molecule has 1 aromatic rings. The number of nitrogens with zero attached hydrogens (tertiary/aromatic N) is 6. The van der Waals surface area contributed by atoms with E-state index in [2.05, 4.69) is 35.6 Å². The number of azide groups is 1. The van der Waals surface area contributed by atoms with Gasteiger partial charge in [-0.1, -0.05) is 0 Å². The molecule has 0 radical (unpaired) electrons. The Hall–Kier alpha value is -2.16. The number of rotatable bonds is 7. The molecule has 0 fully saturated rings. The van der Waals surface area contributed by atoms with Crippen LogP contribution in [0.15, 0.2) is 5.11 Å². The molecule has 0 aliphatic carbocycles. The summed E-state index contributed by atoms with van der Waals surface area (Å²) in [6.07, 6.45) is 0. The van der Waals surface area contributed by atoms with Crippen LogP contribution in [0.5, 0.6) is 0 Å². The first-order valence-electron chi connectivity index (χ1n) is 4.99. The maximum atomic E-state index is 8.33. The zero-order valence-corrected chi connectivity index (χ0v) is 9.17. The molecule has 10 heteroatoms. The third-order valence-corrected chi connectivity index (χ3v) is 1.61. The van der Waals surface area contributed by atoms with Crippen molar-refractivity contribution >= 4 is 17.8 Å². The Morgan fingerprint density at radius 2 is 1.59 bits per heavy atom. The standard InChI is InChI=1S/C7H14N10/c8-1-3-11-5-13-6(12-4-2-9)15-7(14-5)16-17-10/h1-4,8-9H2,(H2,11,12,13,14,15). The Morgan fingerprint density at radius 1 is 1.06 bits per heavy atom. The lowest BCUT2D eigenvalue weighted by molar-refractivity contribution is 0.941. The zero-order valence-electron chi connectivity index (χ0n) is 9.17. The van der Waals surface area contributed by atoms with Gasteiger partial charge in [0.2, 0.25) is 17.8 Å². The lowest BCUT2D eigenvalue weighted by Crippen LogP contribution is -2.18. The van der Waals surface area contributed by atoms with Crippen molar-refractivity contribution in [1.82, 2.24) is 15.0 Å². The molecular formula is C7H14N10. The summed E-state index contributed by atoms with van der Waals surface area (Å²) in [7, 11) is 0. The van der Waals surface area contributed by atoms with Gasteiger partial charge in [-0.2, -0.15) is 15.0 Å². The van der Waals surface area contributed by atoms with Gasteiger partial charge in [-0.05, 0) is 10.6 Å². The van der Waals surface area contributed by atoms with E-state index in [0.717, 1.165) is 0 Å². The van der Waals surface area contributed by atoms with Crippen molar-refractivity contribution in [2.45, 2.75) is 0 Å². The molecule has 0 aliphatic heterocycles. The molecule has 0 bridgehead atoms. The summed E-state index contributed by atoms with van der Waals surface area (Å²) in [4.78, 5) is 14.4. The summed E-state index contributed by atoms with van der Waals surface area (Å²) in [6, 6.07) is 0. The number of aromatic nitrogens is 3. The van der Waals surface area contributed by atoms with Crippen LogP contribution >= 0.6 is 0 Å². The first-order chi connectivity index (χ1) is 8.30. The normalized spacial score (nSPS) is 9.53. The van der Waals surface area contributed by atoms with E-state index in [9.17, 15) is 0 Å². The van der Waals surface area contributed by atoms with Crippen LogP contribution in [0.2, 0.25) is 0 Å². The second-order valence-corrected chi connectivity index (χ2v) is 2.90. The molecule has 1 aromatic heterocycles. The fourth-order valence-electron chi connectivity index (χ4n) is 0.976. The van der Waals surface area contributed by atoms with Gasteiger partial charge in [0, 0.05) is 31.1 Å². The van der Waals surface area contributed by atoms with E-state index in [4.69, 9.17) is 17.0 Å². The van der Waals surface area contributed by atoms with Crippen LogP contribution in [0.4, 0.5) is 17.8 Å². The van der Waals surface area contributed by atoms with E-state index in [0.29, 0.717) is 38.1 Å². The third kappa shape index (κ3) is 4.47. The van der Waals surface area contributed by atoms with Crippen molar-refractivity contribution in [3.05, 3.63) is 10.4 Å². The molecule has 92 valence electrons. The van der Waals surface area contributed by atoms with Gasteiger partial charge >= 0.3 is 0 Å². The second kappa shape index (κ2) is 7.17. The summed E-state index contributed by atoms with van der Waals surface area (Å²) in [5.41, 5.74) is 19.0. The van der Waals surface area contributed by atoms with E-state index in [1.165, 1.54) is 0 Å². The SMILES string of the molecule is [N-]=[N+]=Nc1nc(NCCN)nc(NCCN)n1. The molecule has 17 heavy (non-hydrogen) atoms. The van der Waals surface area contributed by atoms with Crippen LogP contribution in [0.25, 0.3) is 10.4 Å². The van der Waals surface area contributed by atoms with Crippen molar-refractivity contribution in [2.75, 3.05) is 36.8 Å². The van der Waals surface area contributed by atoms with Crippen molar-refractivity contribution < 1.29 is 0 Å². The molecule has 0 amide bonds. The van der Waals surface area contributed by atoms with Gasteiger partial charge in [-0.25, -0.2) is 0 Å². The van der Waals surface area contributed by atoms with Gasteiger partial charge < -0.3 is 22.1 Å². The van der Waals surface area contributed by atoms with Crippen LogP contribution in [0, 0.1) is 0 Å². The molecule has 0 spiro atoms. The third-order valence-electron chi connectivity index (χ3n) is 1.61. The summed E-state index contributed by atoms with van der Waals surface area (Å²) >= 11 is 0. The Labute approximate surface area is 97.5 Å². The van der Waals surface area contributed by atoms with Crippen molar-refractivity contribution in [3.63, 3.8) is 0 Å². The first-order valence-corrected chi connectivity index (χ1v) is 4.99. The first kappa shape index (κ1) is 12.9. The van der Waals surface area contributed by atoms with Gasteiger partial charge in [0.1, 0.15) is 0 Å². The van der Waals surface area contributed by atoms with E-state index in [1.807, 2.05) is 0 Å². The molecule has 0 saturated heterocycles. The van der Waals surface area contributed by atoms with Crippen LogP contribution in [-0.2, 0) is 0 Å². The fourth-order valence-corrected chi connectivity index (χ4v) is 0.976. The molecule has 0 saturated carbocycles. The lowest BCUT2D eigenvalue weighted by Gasteiger charge is -2.07. The average Bonchev–Trinajstić information content (AvgIpc) is 2.34. The Balaban J connectivity index is 2.87. The number of nitrogens with two attached hydrogens (primary N) is 2. The second-order valence-electron chi connectivity index (χ2n) is 2.90. The average molecular weight is 238 g/mol. The Morgan fingerprint density at radius 3 is 2.00 bits per heavy atom. The van der Waals surface area contributed by atoms with Crippen LogP contribution in [-0.4, -0.2) is 41.1 Å². The molecule has 0 aliphatic rings. The molecule has 0 atom stereocenters. The predicted molar refractivity (Wildman–Crippen MR) is 63.7 cm³/mol. The van der Waals surface area contributed by atoms with E-state index in [-0.39, 0.29) is 5.95 Å². The largest absolute Gasteiger partial charge is 0.353 e. The fraction of sp³-hybridized carbons (Fsp3) is 0.571. The van der Waals surface area contributed by atoms with Gasteiger partial charge in [0.15, 0.2) is 0 Å². The zero-order chi connectivity index (χ0) is 12.5. The number of nitrogens with one attached hydrogen (secondary N) is 2. The van der Waals surface area contributed by atoms with Crippen molar-refractivity contribution in [3.8, 4) is 0 Å². The minimum Gasteiger partial charge on any atom is -0.353 e. The highest BCUT2D eigenvalue weighted by atomic mass is 15.3. The molecule has 1 rings (SSSR count). The molecule has 6 N–H and O–H groups in total. The highest BCUT2D eigenvalue weighted by Crippen LogP contribution is 2.11. The number of anilines is 2. The van der Waals surface area contributed by atoms with Crippen molar-refractivity contribution in [2.24, 2.45) is 16.6 Å². The summed E-state index contributed by atoms with van der Waals surface area (Å²) < 4.78 is 0. The summed E-state index contributed by atoms with van der Waals surface area (Å²) in [6.45, 7) is 1.90. The summed E-state index contributed by atoms with van der Waals surface area (Å²) in [5, 5.41) is 9.06. The Bertz CT molecular complexity index is 371. The highest BCUT2D eigenvalue weighted by molar-refractivity contribution is 5.39. The van der Waals surface area contributed by atoms with Gasteiger partial charge in [-0.15, -0.1) is 0 Å². The smallest absolute Gasteiger partial charge is 0.227 e. The minimum absolute atomic E-state index is 0.0125. The van der Waals surface area contributed by atoms with Gasteiger partial charge in [0.25, 0.3) is 0 Å². The monoisotopic (exact) mass is 238 g/mol. The van der Waals surface area contributed by atoms with E-state index >= 15 is 0 Å². The quantitative estimate of drug-likeness (QED) is 0.284. The molecule has 0 unspecified atom stereocenters. The summed E-state index contributed by atoms with van der Waals surface area (Å²) in [5.74, 6) is 0.585.